The van der Waals surface area contributed by atoms with Crippen molar-refractivity contribution in [1.29, 1.82) is 0 Å². The molecule has 0 atom stereocenters. The number of anilines is 1. The molecule has 1 N–H and O–H groups in total. The molecule has 8 nitrogen and oxygen atoms in total. The van der Waals surface area contributed by atoms with Gasteiger partial charge in [0.15, 0.2) is 0 Å². The predicted molar refractivity (Wildman–Crippen MR) is 118 cm³/mol. The van der Waals surface area contributed by atoms with Crippen LogP contribution in [-0.2, 0) is 11.2 Å². The van der Waals surface area contributed by atoms with Gasteiger partial charge in [0.1, 0.15) is 11.4 Å². The van der Waals surface area contributed by atoms with Crippen LogP contribution in [0.5, 0.6) is 5.75 Å². The third-order valence-corrected chi connectivity index (χ3v) is 5.68. The van der Waals surface area contributed by atoms with E-state index in [4.69, 9.17) is 4.74 Å². The molecule has 0 bridgehead atoms. The number of para-hydroxylation sites is 1. The van der Waals surface area contributed by atoms with Gasteiger partial charge in [-0.25, -0.2) is 0 Å². The Hall–Kier alpha value is -3.68. The molecule has 1 fully saturated rings. The molecule has 0 saturated carbocycles. The van der Waals surface area contributed by atoms with E-state index in [1.54, 1.807) is 37.6 Å². The van der Waals surface area contributed by atoms with Gasteiger partial charge in [0.25, 0.3) is 0 Å². The molecule has 160 valence electrons. The highest BCUT2D eigenvalue weighted by molar-refractivity contribution is 5.94. The summed E-state index contributed by atoms with van der Waals surface area (Å²) in [6.07, 6.45) is 3.36. The van der Waals surface area contributed by atoms with Crippen molar-refractivity contribution < 1.29 is 14.5 Å². The van der Waals surface area contributed by atoms with Crippen LogP contribution in [0.25, 0.3) is 10.9 Å². The van der Waals surface area contributed by atoms with E-state index < -0.39 is 0 Å². The first kappa shape index (κ1) is 20.6. The molecule has 8 heteroatoms. The van der Waals surface area contributed by atoms with E-state index in [1.807, 2.05) is 29.2 Å². The lowest BCUT2D eigenvalue weighted by Crippen LogP contribution is -2.43. The molecule has 1 aliphatic heterocycles. The number of piperidine rings is 1. The van der Waals surface area contributed by atoms with Gasteiger partial charge in [-0.2, -0.15) is 0 Å². The molecule has 1 aromatic heterocycles. The third kappa shape index (κ3) is 4.42. The fraction of sp³-hybridized carbons (Fsp3) is 0.304. The zero-order valence-electron chi connectivity index (χ0n) is 17.3. The Morgan fingerprint density at radius 3 is 2.71 bits per heavy atom. The average molecular weight is 420 g/mol. The molecule has 4 rings (SSSR count). The number of hydrogen-bond donors (Lipinski definition) is 1. The van der Waals surface area contributed by atoms with Crippen LogP contribution in [0, 0.1) is 10.1 Å². The van der Waals surface area contributed by atoms with E-state index in [0.29, 0.717) is 41.9 Å². The van der Waals surface area contributed by atoms with Crippen LogP contribution >= 0.6 is 0 Å². The number of amides is 1. The minimum atomic E-state index is -0.363. The summed E-state index contributed by atoms with van der Waals surface area (Å²) in [6.45, 7) is 1.21. The average Bonchev–Trinajstić information content (AvgIpc) is 2.79. The first-order valence-electron chi connectivity index (χ1n) is 10.2. The van der Waals surface area contributed by atoms with E-state index in [1.165, 1.54) is 0 Å². The molecule has 0 spiro atoms. The van der Waals surface area contributed by atoms with E-state index in [-0.39, 0.29) is 22.6 Å². The van der Waals surface area contributed by atoms with Crippen LogP contribution in [0.2, 0.25) is 0 Å². The van der Waals surface area contributed by atoms with Crippen molar-refractivity contribution in [2.45, 2.75) is 25.3 Å². The highest BCUT2D eigenvalue weighted by Crippen LogP contribution is 2.33. The number of aromatic nitrogens is 1. The first-order chi connectivity index (χ1) is 15.1. The lowest BCUT2D eigenvalue weighted by Gasteiger charge is -2.33. The van der Waals surface area contributed by atoms with Gasteiger partial charge in [-0.3, -0.25) is 19.9 Å². The number of benzene rings is 2. The summed E-state index contributed by atoms with van der Waals surface area (Å²) in [5.74, 6) is 0.774. The van der Waals surface area contributed by atoms with Gasteiger partial charge >= 0.3 is 5.69 Å². The number of rotatable bonds is 6. The van der Waals surface area contributed by atoms with Gasteiger partial charge in [0.05, 0.1) is 29.4 Å². The number of likely N-dealkylation sites (tertiary alicyclic amines) is 1. The van der Waals surface area contributed by atoms with Crippen LogP contribution in [0.4, 0.5) is 11.4 Å². The maximum absolute atomic E-state index is 12.7. The summed E-state index contributed by atoms with van der Waals surface area (Å²) in [5, 5.41) is 15.6. The summed E-state index contributed by atoms with van der Waals surface area (Å²) in [5.41, 5.74) is 2.00. The van der Waals surface area contributed by atoms with Crippen molar-refractivity contribution in [3.63, 3.8) is 0 Å². The molecule has 0 unspecified atom stereocenters. The first-order valence-corrected chi connectivity index (χ1v) is 10.2. The van der Waals surface area contributed by atoms with Crippen molar-refractivity contribution in [1.82, 2.24) is 9.88 Å². The number of hydrogen-bond acceptors (Lipinski definition) is 6. The topological polar surface area (TPSA) is 97.6 Å². The smallest absolute Gasteiger partial charge is 0.301 e. The van der Waals surface area contributed by atoms with Gasteiger partial charge in [0.2, 0.25) is 5.91 Å². The summed E-state index contributed by atoms with van der Waals surface area (Å²) >= 11 is 0. The van der Waals surface area contributed by atoms with E-state index in [9.17, 15) is 14.9 Å². The highest BCUT2D eigenvalue weighted by atomic mass is 16.6. The molecule has 2 heterocycles. The molecule has 1 aliphatic rings. The van der Waals surface area contributed by atoms with Gasteiger partial charge < -0.3 is 15.0 Å². The van der Waals surface area contributed by atoms with Crippen molar-refractivity contribution in [3.05, 3.63) is 70.4 Å². The second-order valence-corrected chi connectivity index (χ2v) is 7.58. The normalized spacial score (nSPS) is 14.4. The summed E-state index contributed by atoms with van der Waals surface area (Å²) in [7, 11) is 1.60. The number of pyridine rings is 1. The minimum absolute atomic E-state index is 0.0419. The number of nitro groups is 1. The van der Waals surface area contributed by atoms with Crippen LogP contribution < -0.4 is 10.1 Å². The maximum Gasteiger partial charge on any atom is 0.301 e. The Kier molecular flexibility index (Phi) is 5.97. The zero-order chi connectivity index (χ0) is 21.8. The van der Waals surface area contributed by atoms with Crippen LogP contribution in [0.3, 0.4) is 0 Å². The van der Waals surface area contributed by atoms with Crippen molar-refractivity contribution in [2.75, 3.05) is 25.5 Å². The molecule has 0 aliphatic carbocycles. The fourth-order valence-electron chi connectivity index (χ4n) is 4.07. The van der Waals surface area contributed by atoms with Gasteiger partial charge in [-0.1, -0.05) is 18.2 Å². The molecular weight excluding hydrogens is 396 g/mol. The monoisotopic (exact) mass is 420 g/mol. The van der Waals surface area contributed by atoms with Crippen LogP contribution in [0.15, 0.2) is 54.7 Å². The number of fused-ring (bicyclic) bond motifs is 1. The second-order valence-electron chi connectivity index (χ2n) is 7.58. The van der Waals surface area contributed by atoms with E-state index in [0.717, 1.165) is 18.4 Å². The molecular formula is C23H24N4O4. The Labute approximate surface area is 180 Å². The van der Waals surface area contributed by atoms with E-state index in [2.05, 4.69) is 10.3 Å². The van der Waals surface area contributed by atoms with Crippen LogP contribution in [-0.4, -0.2) is 47.0 Å². The number of ether oxygens (including phenoxy) is 1. The SMILES string of the molecule is COc1ccccc1CC(=O)N1CCC(Nc2ccc3ncccc3c2[N+](=O)[O-])CC1. The molecule has 2 aromatic carbocycles. The number of carbonyl (C=O) groups excluding carboxylic acids is 1. The highest BCUT2D eigenvalue weighted by Gasteiger charge is 2.26. The molecule has 3 aromatic rings. The number of methoxy groups -OCH3 is 1. The van der Waals surface area contributed by atoms with E-state index >= 15 is 0 Å². The quantitative estimate of drug-likeness (QED) is 0.481. The standard InChI is InChI=1S/C23H24N4O4/c1-31-21-7-3-2-5-16(21)15-22(28)26-13-10-17(11-14-26)25-20-9-8-19-18(6-4-12-24-19)23(20)27(29)30/h2-9,12,17,25H,10-11,13-15H2,1H3. The molecule has 0 radical (unpaired) electrons. The Morgan fingerprint density at radius 2 is 1.97 bits per heavy atom. The lowest BCUT2D eigenvalue weighted by atomic mass is 10.0. The zero-order valence-corrected chi connectivity index (χ0v) is 17.3. The lowest BCUT2D eigenvalue weighted by molar-refractivity contribution is -0.382. The van der Waals surface area contributed by atoms with Gasteiger partial charge in [0, 0.05) is 30.9 Å². The van der Waals surface area contributed by atoms with Crippen molar-refractivity contribution in [2.24, 2.45) is 0 Å². The number of carbonyl (C=O) groups is 1. The number of nitrogens with zero attached hydrogens (tertiary/aromatic N) is 3. The third-order valence-electron chi connectivity index (χ3n) is 5.68. The number of nitro benzene ring substituents is 1. The summed E-state index contributed by atoms with van der Waals surface area (Å²) in [4.78, 5) is 30.2. The molecule has 1 amide bonds. The van der Waals surface area contributed by atoms with Gasteiger partial charge in [-0.05, 0) is 43.2 Å². The second kappa shape index (κ2) is 8.99. The van der Waals surface area contributed by atoms with Gasteiger partial charge in [-0.15, -0.1) is 0 Å². The largest absolute Gasteiger partial charge is 0.496 e. The summed E-state index contributed by atoms with van der Waals surface area (Å²) < 4.78 is 5.34. The number of nitrogens with one attached hydrogen (secondary N) is 1. The molecule has 1 saturated heterocycles. The predicted octanol–water partition coefficient (Wildman–Crippen LogP) is 3.80. The molecule has 31 heavy (non-hydrogen) atoms. The Bertz CT molecular complexity index is 1110. The summed E-state index contributed by atoms with van der Waals surface area (Å²) in [6, 6.07) is 14.5. The Balaban J connectivity index is 1.41. The Morgan fingerprint density at radius 1 is 1.19 bits per heavy atom. The van der Waals surface area contributed by atoms with Crippen molar-refractivity contribution in [3.8, 4) is 5.75 Å². The fourth-order valence-corrected chi connectivity index (χ4v) is 4.07. The minimum Gasteiger partial charge on any atom is -0.496 e. The van der Waals surface area contributed by atoms with Crippen LogP contribution in [0.1, 0.15) is 18.4 Å². The van der Waals surface area contributed by atoms with Crippen molar-refractivity contribution >= 4 is 28.2 Å². The maximum atomic E-state index is 12.7.